The van der Waals surface area contributed by atoms with Crippen molar-refractivity contribution in [3.05, 3.63) is 45.3 Å². The summed E-state index contributed by atoms with van der Waals surface area (Å²) in [4.78, 5) is 8.53. The Hall–Kier alpha value is -2.98. The van der Waals surface area contributed by atoms with Crippen LogP contribution in [0.5, 0.6) is 0 Å². The Labute approximate surface area is 218 Å². The number of benzene rings is 2. The summed E-state index contributed by atoms with van der Waals surface area (Å²) in [5.74, 6) is -0.472. The second kappa shape index (κ2) is 10.4. The van der Waals surface area contributed by atoms with Crippen LogP contribution in [0.15, 0.2) is 27.3 Å². The predicted molar refractivity (Wildman–Crippen MR) is 133 cm³/mol. The van der Waals surface area contributed by atoms with Gasteiger partial charge in [0, 0.05) is 18.5 Å². The summed E-state index contributed by atoms with van der Waals surface area (Å²) in [6.45, 7) is 13.6. The van der Waals surface area contributed by atoms with Crippen molar-refractivity contribution < 1.29 is 26.3 Å². The Balaban J connectivity index is 2.22. The minimum Gasteiger partial charge on any atom is -0.373 e. The van der Waals surface area contributed by atoms with Crippen LogP contribution in [0.2, 0.25) is 5.02 Å². The third-order valence-corrected chi connectivity index (χ3v) is 6.99. The molecule has 3 rings (SSSR count). The minimum absolute atomic E-state index is 0.113. The summed E-state index contributed by atoms with van der Waals surface area (Å²) < 4.78 is 79.9. The van der Waals surface area contributed by atoms with Gasteiger partial charge in [-0.15, -0.1) is 10.2 Å². The molecule has 14 heteroatoms. The van der Waals surface area contributed by atoms with E-state index in [0.717, 1.165) is 23.4 Å². The Bertz CT molecular complexity index is 1390. The first kappa shape index (κ1) is 28.6. The molecule has 0 aliphatic rings. The molecule has 0 saturated carbocycles. The maximum atomic E-state index is 13.4. The van der Waals surface area contributed by atoms with Gasteiger partial charge in [-0.3, -0.25) is 4.57 Å². The largest absolute Gasteiger partial charge is 0.445 e. The maximum absolute atomic E-state index is 13.4. The van der Waals surface area contributed by atoms with E-state index in [2.05, 4.69) is 20.1 Å². The number of azo groups is 1. The van der Waals surface area contributed by atoms with Gasteiger partial charge in [0.25, 0.3) is 5.95 Å². The van der Waals surface area contributed by atoms with E-state index in [4.69, 9.17) is 18.2 Å². The lowest BCUT2D eigenvalue weighted by Gasteiger charge is -2.24. The molecule has 0 fully saturated rings. The smallest absolute Gasteiger partial charge is 0.373 e. The fourth-order valence-electron chi connectivity index (χ4n) is 3.77. The number of anilines is 1. The Morgan fingerprint density at radius 3 is 2.27 bits per heavy atom. The van der Waals surface area contributed by atoms with E-state index in [1.165, 1.54) is 0 Å². The maximum Gasteiger partial charge on any atom is 0.445 e. The third-order valence-electron chi connectivity index (χ3n) is 5.75. The van der Waals surface area contributed by atoms with E-state index < -0.39 is 40.8 Å². The van der Waals surface area contributed by atoms with Crippen LogP contribution >= 0.6 is 23.4 Å². The average molecular weight is 563 g/mol. The molecular weight excluding hydrogens is 542 g/mol. The molecule has 6 nitrogen and oxygen atoms in total. The van der Waals surface area contributed by atoms with Crippen LogP contribution in [0.25, 0.3) is 15.9 Å². The highest BCUT2D eigenvalue weighted by Gasteiger charge is 2.33. The number of imidazole rings is 1. The number of thioether (sulfide) groups is 1. The quantitative estimate of drug-likeness (QED) is 0.130. The monoisotopic (exact) mass is 562 g/mol. The van der Waals surface area contributed by atoms with Gasteiger partial charge in [-0.2, -0.15) is 26.3 Å². The molecule has 0 saturated heterocycles. The van der Waals surface area contributed by atoms with Crippen LogP contribution in [0.3, 0.4) is 0 Å². The summed E-state index contributed by atoms with van der Waals surface area (Å²) in [7, 11) is 1.87. The van der Waals surface area contributed by atoms with Gasteiger partial charge in [0.05, 0.1) is 34.0 Å². The Morgan fingerprint density at radius 1 is 1.08 bits per heavy atom. The molecule has 2 aromatic carbocycles. The Kier molecular flexibility index (Phi) is 8.05. The lowest BCUT2D eigenvalue weighted by Crippen LogP contribution is -2.18. The van der Waals surface area contributed by atoms with Gasteiger partial charge in [-0.25, -0.2) is 9.83 Å². The molecule has 0 aliphatic heterocycles. The molecule has 0 bridgehead atoms. The number of fused-ring (bicyclic) bond motifs is 1. The molecule has 0 atom stereocenters. The van der Waals surface area contributed by atoms with E-state index in [1.807, 2.05) is 25.8 Å². The van der Waals surface area contributed by atoms with E-state index in [-0.39, 0.29) is 16.7 Å². The number of halogens is 7. The van der Waals surface area contributed by atoms with Gasteiger partial charge in [-0.1, -0.05) is 11.6 Å². The number of hydrogen-bond acceptors (Lipinski definition) is 5. The lowest BCUT2D eigenvalue weighted by atomic mass is 10.0. The zero-order chi connectivity index (χ0) is 27.9. The minimum atomic E-state index is -4.74. The van der Waals surface area contributed by atoms with Crippen molar-refractivity contribution in [1.29, 1.82) is 0 Å². The van der Waals surface area contributed by atoms with E-state index in [9.17, 15) is 26.3 Å². The molecule has 1 aromatic heterocycles. The molecule has 0 N–H and O–H groups in total. The molecule has 3 aromatic rings. The van der Waals surface area contributed by atoms with Gasteiger partial charge < -0.3 is 4.90 Å². The van der Waals surface area contributed by atoms with Gasteiger partial charge in [0.1, 0.15) is 6.54 Å². The topological polar surface area (TPSA) is 50.1 Å². The number of aromatic nitrogens is 2. The summed E-state index contributed by atoms with van der Waals surface area (Å²) in [5.41, 5.74) is -2.28. The van der Waals surface area contributed by atoms with Crippen LogP contribution < -0.4 is 4.90 Å². The van der Waals surface area contributed by atoms with Crippen molar-refractivity contribution in [2.24, 2.45) is 10.2 Å². The number of nitrogens with zero attached hydrogens (tertiary/aromatic N) is 6. The van der Waals surface area contributed by atoms with Crippen molar-refractivity contribution in [3.8, 4) is 0 Å². The highest BCUT2D eigenvalue weighted by atomic mass is 35.5. The first-order chi connectivity index (χ1) is 17.1. The highest BCUT2D eigenvalue weighted by Crippen LogP contribution is 2.45. The molecule has 0 amide bonds. The molecule has 0 spiro atoms. The zero-order valence-corrected chi connectivity index (χ0v) is 21.9. The molecule has 198 valence electrons. The van der Waals surface area contributed by atoms with Crippen molar-refractivity contribution in [2.75, 3.05) is 18.5 Å². The number of alkyl halides is 6. The Morgan fingerprint density at radius 2 is 1.73 bits per heavy atom. The van der Waals surface area contributed by atoms with Crippen molar-refractivity contribution in [1.82, 2.24) is 9.55 Å². The zero-order valence-electron chi connectivity index (χ0n) is 20.3. The second-order valence-electron chi connectivity index (χ2n) is 8.18. The van der Waals surface area contributed by atoms with Crippen molar-refractivity contribution >= 4 is 57.4 Å². The van der Waals surface area contributed by atoms with Crippen molar-refractivity contribution in [2.45, 2.75) is 50.8 Å². The molecule has 0 unspecified atom stereocenters. The second-order valence-corrected chi connectivity index (χ2v) is 9.67. The summed E-state index contributed by atoms with van der Waals surface area (Å²) in [6, 6.07) is 1.88. The molecule has 0 aliphatic carbocycles. The van der Waals surface area contributed by atoms with E-state index in [1.54, 1.807) is 13.8 Å². The SMILES string of the molecule is [C-]#[N+]c1cc2nc(N=Nc3c(C)c(C)c(N(C)CC)c(Cl)c3C)n(CC(F)(F)F)c2cc1SC(F)(F)F. The highest BCUT2D eigenvalue weighted by molar-refractivity contribution is 8.00. The van der Waals surface area contributed by atoms with Gasteiger partial charge >= 0.3 is 11.7 Å². The van der Waals surface area contributed by atoms with E-state index >= 15 is 0 Å². The summed E-state index contributed by atoms with van der Waals surface area (Å²) in [6.07, 6.45) is -4.73. The van der Waals surface area contributed by atoms with Crippen LogP contribution in [-0.4, -0.2) is 34.8 Å². The van der Waals surface area contributed by atoms with Crippen LogP contribution in [0, 0.1) is 27.3 Å². The third kappa shape index (κ3) is 6.13. The molecule has 37 heavy (non-hydrogen) atoms. The predicted octanol–water partition coefficient (Wildman–Crippen LogP) is 9.21. The molecule has 0 radical (unpaired) electrons. The van der Waals surface area contributed by atoms with Gasteiger partial charge in [-0.05, 0) is 68.3 Å². The fraction of sp³-hybridized carbons (Fsp3) is 0.391. The fourth-order valence-corrected chi connectivity index (χ4v) is 4.78. The van der Waals surface area contributed by atoms with Gasteiger partial charge in [0.15, 0.2) is 0 Å². The number of hydrogen-bond donors (Lipinski definition) is 0. The van der Waals surface area contributed by atoms with E-state index in [0.29, 0.717) is 32.9 Å². The number of rotatable bonds is 6. The lowest BCUT2D eigenvalue weighted by molar-refractivity contribution is -0.139. The normalized spacial score (nSPS) is 12.5. The average Bonchev–Trinajstić information content (AvgIpc) is 3.10. The van der Waals surface area contributed by atoms with Crippen molar-refractivity contribution in [3.63, 3.8) is 0 Å². The first-order valence-electron chi connectivity index (χ1n) is 10.7. The standard InChI is InChI=1S/C23H21ClF6N6S/c1-7-35(6)20-12(3)11(2)19(13(4)18(20)24)33-34-21-32-14-8-15(31-5)17(37-23(28,29)30)9-16(14)36(21)10-22(25,26)27/h8-9H,7,10H2,1-4,6H3. The van der Waals surface area contributed by atoms with Crippen LogP contribution in [-0.2, 0) is 6.54 Å². The van der Waals surface area contributed by atoms with Crippen LogP contribution in [0.4, 0.5) is 49.4 Å². The molecular formula is C23H21ClF6N6S. The first-order valence-corrected chi connectivity index (χ1v) is 11.9. The van der Waals surface area contributed by atoms with Gasteiger partial charge in [0.2, 0.25) is 5.69 Å². The summed E-state index contributed by atoms with van der Waals surface area (Å²) in [5, 5.41) is 8.53. The van der Waals surface area contributed by atoms with Crippen LogP contribution in [0.1, 0.15) is 23.6 Å². The molecule has 1 heterocycles. The summed E-state index contributed by atoms with van der Waals surface area (Å²) >= 11 is 6.00.